The number of pyridine rings is 1. The highest BCUT2D eigenvalue weighted by molar-refractivity contribution is 5.74. The van der Waals surface area contributed by atoms with Gasteiger partial charge in [0.25, 0.3) is 0 Å². The highest BCUT2D eigenvalue weighted by atomic mass is 19.1. The molecule has 5 heteroatoms. The van der Waals surface area contributed by atoms with Crippen LogP contribution in [0, 0.1) is 5.82 Å². The van der Waals surface area contributed by atoms with E-state index in [1.165, 1.54) is 12.3 Å². The number of hydrogen-bond acceptors (Lipinski definition) is 3. The summed E-state index contributed by atoms with van der Waals surface area (Å²) in [6.45, 7) is 4.01. The Balaban J connectivity index is 1.77. The van der Waals surface area contributed by atoms with Crippen LogP contribution in [-0.4, -0.2) is 15.0 Å². The van der Waals surface area contributed by atoms with Gasteiger partial charge in [-0.05, 0) is 37.6 Å². The second-order valence-corrected chi connectivity index (χ2v) is 5.19. The lowest BCUT2D eigenvalue weighted by Gasteiger charge is -2.18. The molecule has 3 aromatic rings. The molecule has 0 aliphatic carbocycles. The van der Waals surface area contributed by atoms with Gasteiger partial charge in [-0.3, -0.25) is 4.98 Å². The number of para-hydroxylation sites is 2. The molecule has 0 saturated heterocycles. The highest BCUT2D eigenvalue weighted by Gasteiger charge is 2.15. The first-order valence-electron chi connectivity index (χ1n) is 6.94. The summed E-state index contributed by atoms with van der Waals surface area (Å²) < 4.78 is 13.2. The van der Waals surface area contributed by atoms with Crippen molar-refractivity contribution in [2.75, 3.05) is 0 Å². The zero-order chi connectivity index (χ0) is 14.8. The van der Waals surface area contributed by atoms with E-state index >= 15 is 0 Å². The number of aromatic nitrogens is 3. The normalized spacial score (nSPS) is 14.2. The lowest BCUT2D eigenvalue weighted by atomic mass is 10.1. The van der Waals surface area contributed by atoms with Crippen LogP contribution in [0.4, 0.5) is 4.39 Å². The van der Waals surface area contributed by atoms with Crippen molar-refractivity contribution in [3.63, 3.8) is 0 Å². The molecule has 2 heterocycles. The van der Waals surface area contributed by atoms with Crippen molar-refractivity contribution in [2.24, 2.45) is 0 Å². The molecular weight excluding hydrogens is 267 g/mol. The SMILES string of the molecule is CC(NC(C)c1nc2ccccc2[nH]1)c1cncc(F)c1. The van der Waals surface area contributed by atoms with E-state index in [2.05, 4.69) is 20.3 Å². The predicted octanol–water partition coefficient (Wildman–Crippen LogP) is 3.51. The van der Waals surface area contributed by atoms with Crippen LogP contribution in [0.5, 0.6) is 0 Å². The van der Waals surface area contributed by atoms with Gasteiger partial charge in [0.1, 0.15) is 11.6 Å². The van der Waals surface area contributed by atoms with E-state index in [1.54, 1.807) is 6.20 Å². The molecule has 0 aliphatic heterocycles. The van der Waals surface area contributed by atoms with E-state index in [1.807, 2.05) is 38.1 Å². The number of rotatable bonds is 4. The van der Waals surface area contributed by atoms with Crippen LogP contribution in [0.25, 0.3) is 11.0 Å². The molecule has 0 bridgehead atoms. The van der Waals surface area contributed by atoms with Crippen LogP contribution in [0.2, 0.25) is 0 Å². The van der Waals surface area contributed by atoms with Crippen molar-refractivity contribution in [2.45, 2.75) is 25.9 Å². The maximum atomic E-state index is 13.2. The Morgan fingerprint density at radius 3 is 2.71 bits per heavy atom. The van der Waals surface area contributed by atoms with Gasteiger partial charge in [-0.25, -0.2) is 9.37 Å². The van der Waals surface area contributed by atoms with Gasteiger partial charge in [0.2, 0.25) is 0 Å². The third-order valence-corrected chi connectivity index (χ3v) is 3.54. The fraction of sp³-hybridized carbons (Fsp3) is 0.250. The molecule has 21 heavy (non-hydrogen) atoms. The summed E-state index contributed by atoms with van der Waals surface area (Å²) in [4.78, 5) is 11.8. The van der Waals surface area contributed by atoms with Crippen LogP contribution in [0.15, 0.2) is 42.7 Å². The van der Waals surface area contributed by atoms with Crippen molar-refractivity contribution in [3.05, 3.63) is 59.9 Å². The third kappa shape index (κ3) is 2.92. The van der Waals surface area contributed by atoms with E-state index in [-0.39, 0.29) is 17.9 Å². The Hall–Kier alpha value is -2.27. The summed E-state index contributed by atoms with van der Waals surface area (Å²) in [5.41, 5.74) is 2.78. The number of hydrogen-bond donors (Lipinski definition) is 2. The second kappa shape index (κ2) is 5.61. The summed E-state index contributed by atoms with van der Waals surface area (Å²) in [5, 5.41) is 3.40. The Morgan fingerprint density at radius 1 is 1.14 bits per heavy atom. The van der Waals surface area contributed by atoms with Crippen molar-refractivity contribution in [3.8, 4) is 0 Å². The minimum Gasteiger partial charge on any atom is -0.341 e. The molecule has 0 fully saturated rings. The largest absolute Gasteiger partial charge is 0.341 e. The number of nitrogens with one attached hydrogen (secondary N) is 2. The molecule has 0 saturated carbocycles. The van der Waals surface area contributed by atoms with Crippen molar-refractivity contribution >= 4 is 11.0 Å². The first-order valence-corrected chi connectivity index (χ1v) is 6.94. The molecule has 2 unspecified atom stereocenters. The summed E-state index contributed by atoms with van der Waals surface area (Å²) in [7, 11) is 0. The Morgan fingerprint density at radius 2 is 1.95 bits per heavy atom. The molecule has 2 atom stereocenters. The van der Waals surface area contributed by atoms with Crippen LogP contribution < -0.4 is 5.32 Å². The number of halogens is 1. The molecule has 0 radical (unpaired) electrons. The average molecular weight is 284 g/mol. The minimum atomic E-state index is -0.322. The number of nitrogens with zero attached hydrogens (tertiary/aromatic N) is 2. The molecule has 0 aliphatic rings. The van der Waals surface area contributed by atoms with Gasteiger partial charge >= 0.3 is 0 Å². The molecule has 3 rings (SSSR count). The zero-order valence-electron chi connectivity index (χ0n) is 12.0. The van der Waals surface area contributed by atoms with Crippen LogP contribution in [0.3, 0.4) is 0 Å². The lowest BCUT2D eigenvalue weighted by Crippen LogP contribution is -2.23. The lowest BCUT2D eigenvalue weighted by molar-refractivity contribution is 0.476. The Labute approximate surface area is 122 Å². The molecular formula is C16H17FN4. The Kier molecular flexibility index (Phi) is 3.66. The number of fused-ring (bicyclic) bond motifs is 1. The summed E-state index contributed by atoms with van der Waals surface area (Å²) in [5.74, 6) is 0.546. The van der Waals surface area contributed by atoms with E-state index in [4.69, 9.17) is 0 Å². The maximum absolute atomic E-state index is 13.2. The van der Waals surface area contributed by atoms with Crippen LogP contribution >= 0.6 is 0 Å². The van der Waals surface area contributed by atoms with E-state index < -0.39 is 0 Å². The van der Waals surface area contributed by atoms with Gasteiger partial charge in [-0.15, -0.1) is 0 Å². The van der Waals surface area contributed by atoms with Crippen LogP contribution in [0.1, 0.15) is 37.3 Å². The number of aromatic amines is 1. The highest BCUT2D eigenvalue weighted by Crippen LogP contribution is 2.20. The summed E-state index contributed by atoms with van der Waals surface area (Å²) >= 11 is 0. The van der Waals surface area contributed by atoms with Gasteiger partial charge in [0.05, 0.1) is 23.3 Å². The smallest absolute Gasteiger partial charge is 0.141 e. The van der Waals surface area contributed by atoms with Gasteiger partial charge in [-0.1, -0.05) is 12.1 Å². The molecule has 0 spiro atoms. The molecule has 0 amide bonds. The van der Waals surface area contributed by atoms with Crippen molar-refractivity contribution in [1.82, 2.24) is 20.3 Å². The van der Waals surface area contributed by atoms with Gasteiger partial charge in [0.15, 0.2) is 0 Å². The molecule has 2 N–H and O–H groups in total. The number of imidazole rings is 1. The van der Waals surface area contributed by atoms with E-state index in [0.29, 0.717) is 0 Å². The maximum Gasteiger partial charge on any atom is 0.141 e. The first-order chi connectivity index (χ1) is 10.1. The topological polar surface area (TPSA) is 53.6 Å². The number of H-pyrrole nitrogens is 1. The zero-order valence-corrected chi connectivity index (χ0v) is 12.0. The molecule has 4 nitrogen and oxygen atoms in total. The summed E-state index contributed by atoms with van der Waals surface area (Å²) in [6.07, 6.45) is 2.88. The second-order valence-electron chi connectivity index (χ2n) is 5.19. The third-order valence-electron chi connectivity index (χ3n) is 3.54. The summed E-state index contributed by atoms with van der Waals surface area (Å²) in [6, 6.07) is 9.42. The first kappa shape index (κ1) is 13.7. The molecule has 1 aromatic carbocycles. The fourth-order valence-electron chi connectivity index (χ4n) is 2.39. The van der Waals surface area contributed by atoms with Gasteiger partial charge in [0, 0.05) is 12.2 Å². The van der Waals surface area contributed by atoms with E-state index in [0.717, 1.165) is 22.4 Å². The van der Waals surface area contributed by atoms with Gasteiger partial charge < -0.3 is 10.3 Å². The molecule has 2 aromatic heterocycles. The van der Waals surface area contributed by atoms with E-state index in [9.17, 15) is 4.39 Å². The predicted molar refractivity (Wildman–Crippen MR) is 80.3 cm³/mol. The standard InChI is InChI=1S/C16H17FN4/c1-10(12-7-13(17)9-18-8-12)19-11(2)16-20-14-5-3-4-6-15(14)21-16/h3-11,19H,1-2H3,(H,20,21). The minimum absolute atomic E-state index is 0.0172. The molecule has 108 valence electrons. The van der Waals surface area contributed by atoms with Gasteiger partial charge in [-0.2, -0.15) is 0 Å². The average Bonchev–Trinajstić information content (AvgIpc) is 2.91. The Bertz CT molecular complexity index is 720. The van der Waals surface area contributed by atoms with Crippen molar-refractivity contribution < 1.29 is 4.39 Å². The monoisotopic (exact) mass is 284 g/mol. The van der Waals surface area contributed by atoms with Crippen LogP contribution in [-0.2, 0) is 0 Å². The number of benzene rings is 1. The quantitative estimate of drug-likeness (QED) is 0.771. The van der Waals surface area contributed by atoms with Crippen molar-refractivity contribution in [1.29, 1.82) is 0 Å². The fourth-order valence-corrected chi connectivity index (χ4v) is 2.39.